The SMILES string of the molecule is C1CNCCNCCNCCN1.O=C([O-])CN(CCN(CC(=O)[O-])CC(=O)[O-])CCN(CC(=O)[O-])C(COCc1ccccc1)C(=O)[O-].[Gd+3]. The van der Waals surface area contributed by atoms with Gasteiger partial charge in [-0.1, -0.05) is 30.3 Å². The predicted molar refractivity (Wildman–Crippen MR) is 161 cm³/mol. The Balaban J connectivity index is 0.00000148. The fourth-order valence-corrected chi connectivity index (χ4v) is 4.49. The molecule has 1 unspecified atom stereocenters. The molecule has 1 aliphatic rings. The Morgan fingerprint density at radius 1 is 0.592 bits per heavy atom. The van der Waals surface area contributed by atoms with Crippen LogP contribution in [0.3, 0.4) is 0 Å². The summed E-state index contributed by atoms with van der Waals surface area (Å²) in [6.45, 7) is 4.30. The molecule has 0 amide bonds. The zero-order valence-corrected chi connectivity index (χ0v) is 29.6. The number of benzene rings is 1. The summed E-state index contributed by atoms with van der Waals surface area (Å²) >= 11 is 0. The molecular formula is C30H46GdN7O11-2. The van der Waals surface area contributed by atoms with Crippen LogP contribution in [0.2, 0.25) is 0 Å². The van der Waals surface area contributed by atoms with Gasteiger partial charge in [0.05, 0.1) is 49.1 Å². The van der Waals surface area contributed by atoms with Crippen LogP contribution in [0.25, 0.3) is 0 Å². The normalized spacial score (nSPS) is 14.8. The molecule has 1 fully saturated rings. The average molecular weight is 838 g/mol. The van der Waals surface area contributed by atoms with Crippen molar-refractivity contribution in [3.63, 3.8) is 0 Å². The molecule has 0 aliphatic carbocycles. The molecule has 1 aromatic rings. The first kappa shape index (κ1) is 46.6. The molecule has 4 N–H and O–H groups in total. The van der Waals surface area contributed by atoms with E-state index in [4.69, 9.17) is 4.74 Å². The molecule has 0 bridgehead atoms. The van der Waals surface area contributed by atoms with Gasteiger partial charge in [-0.3, -0.25) is 14.7 Å². The molecular weight excluding hydrogens is 792 g/mol. The molecule has 277 valence electrons. The van der Waals surface area contributed by atoms with Crippen molar-refractivity contribution in [3.05, 3.63) is 35.9 Å². The second-order valence-electron chi connectivity index (χ2n) is 10.8. The minimum absolute atomic E-state index is 0. The van der Waals surface area contributed by atoms with Crippen molar-refractivity contribution in [2.75, 3.05) is 111 Å². The Morgan fingerprint density at radius 2 is 0.980 bits per heavy atom. The van der Waals surface area contributed by atoms with Gasteiger partial charge in [0.2, 0.25) is 0 Å². The van der Waals surface area contributed by atoms with Crippen LogP contribution in [0.1, 0.15) is 5.56 Å². The van der Waals surface area contributed by atoms with Gasteiger partial charge in [0.1, 0.15) is 0 Å². The van der Waals surface area contributed by atoms with E-state index in [9.17, 15) is 49.5 Å². The summed E-state index contributed by atoms with van der Waals surface area (Å²) in [4.78, 5) is 58.8. The third-order valence-electron chi connectivity index (χ3n) is 6.84. The molecule has 1 aliphatic heterocycles. The van der Waals surface area contributed by atoms with Crippen LogP contribution in [-0.2, 0) is 35.3 Å². The van der Waals surface area contributed by atoms with Crippen molar-refractivity contribution >= 4 is 29.8 Å². The van der Waals surface area contributed by atoms with Crippen LogP contribution in [0.4, 0.5) is 0 Å². The molecule has 1 aromatic carbocycles. The Bertz CT molecular complexity index is 1030. The smallest absolute Gasteiger partial charge is 0.549 e. The van der Waals surface area contributed by atoms with Gasteiger partial charge in [-0.15, -0.1) is 0 Å². The molecule has 19 heteroatoms. The largest absolute Gasteiger partial charge is 3.00 e. The van der Waals surface area contributed by atoms with Crippen molar-refractivity contribution in [1.29, 1.82) is 0 Å². The summed E-state index contributed by atoms with van der Waals surface area (Å²) in [7, 11) is 0. The molecule has 49 heavy (non-hydrogen) atoms. The van der Waals surface area contributed by atoms with E-state index in [-0.39, 0.29) is 72.7 Å². The summed E-state index contributed by atoms with van der Waals surface area (Å²) in [5, 5.41) is 69.1. The van der Waals surface area contributed by atoms with Crippen molar-refractivity contribution < 1.29 is 94.2 Å². The zero-order valence-electron chi connectivity index (χ0n) is 27.4. The third kappa shape index (κ3) is 26.1. The van der Waals surface area contributed by atoms with Crippen molar-refractivity contribution in [1.82, 2.24) is 36.0 Å². The topological polar surface area (TPSA) is 268 Å². The van der Waals surface area contributed by atoms with Crippen LogP contribution >= 0.6 is 0 Å². The molecule has 1 atom stereocenters. The number of nitrogens with one attached hydrogen (secondary N) is 4. The number of carbonyl (C=O) groups excluding carboxylic acids is 5. The number of ether oxygens (including phenoxy) is 1. The summed E-state index contributed by atoms with van der Waals surface area (Å²) < 4.78 is 5.41. The Labute approximate surface area is 318 Å². The maximum Gasteiger partial charge on any atom is 3.00 e. The van der Waals surface area contributed by atoms with Crippen LogP contribution in [0.5, 0.6) is 0 Å². The molecule has 0 aromatic heterocycles. The first-order chi connectivity index (χ1) is 23.0. The molecule has 1 saturated heterocycles. The van der Waals surface area contributed by atoms with E-state index in [0.29, 0.717) is 0 Å². The minimum atomic E-state index is -1.62. The fourth-order valence-electron chi connectivity index (χ4n) is 4.49. The second-order valence-corrected chi connectivity index (χ2v) is 10.8. The van der Waals surface area contributed by atoms with E-state index < -0.39 is 68.7 Å². The van der Waals surface area contributed by atoms with Gasteiger partial charge in [-0.25, -0.2) is 0 Å². The molecule has 18 nitrogen and oxygen atoms in total. The van der Waals surface area contributed by atoms with Crippen LogP contribution in [-0.4, -0.2) is 162 Å². The van der Waals surface area contributed by atoms with Gasteiger partial charge in [-0.05, 0) is 5.56 Å². The number of hydrogen-bond acceptors (Lipinski definition) is 18. The van der Waals surface area contributed by atoms with Gasteiger partial charge in [0.25, 0.3) is 0 Å². The molecule has 0 saturated carbocycles. The first-order valence-corrected chi connectivity index (χ1v) is 15.6. The Kier molecular flexibility index (Phi) is 27.9. The van der Waals surface area contributed by atoms with Crippen molar-refractivity contribution in [3.8, 4) is 0 Å². The van der Waals surface area contributed by atoms with Gasteiger partial charge in [-0.2, -0.15) is 0 Å². The predicted octanol–water partition coefficient (Wildman–Crippen LogP) is -9.41. The number of carboxylic acids is 5. The van der Waals surface area contributed by atoms with Crippen LogP contribution in [0.15, 0.2) is 30.3 Å². The summed E-state index contributed by atoms with van der Waals surface area (Å²) in [6, 6.07) is 7.27. The van der Waals surface area contributed by atoms with E-state index in [2.05, 4.69) is 21.3 Å². The van der Waals surface area contributed by atoms with Crippen LogP contribution in [0, 0.1) is 39.9 Å². The summed E-state index contributed by atoms with van der Waals surface area (Å²) in [5.41, 5.74) is 0.749. The zero-order chi connectivity index (χ0) is 35.6. The van der Waals surface area contributed by atoms with Gasteiger partial charge >= 0.3 is 39.9 Å². The van der Waals surface area contributed by atoms with Gasteiger partial charge < -0.3 is 75.5 Å². The first-order valence-electron chi connectivity index (χ1n) is 15.6. The van der Waals surface area contributed by atoms with Gasteiger partial charge in [0.15, 0.2) is 0 Å². The fraction of sp³-hybridized carbons (Fsp3) is 0.633. The number of carboxylic acid groups (broad SMARTS) is 5. The quantitative estimate of drug-likeness (QED) is 0.0950. The molecule has 0 spiro atoms. The van der Waals surface area contributed by atoms with Crippen LogP contribution < -0.4 is 46.8 Å². The summed E-state index contributed by atoms with van der Waals surface area (Å²) in [5.74, 6) is -7.85. The number of carbonyl (C=O) groups is 5. The Morgan fingerprint density at radius 3 is 1.39 bits per heavy atom. The maximum absolute atomic E-state index is 11.7. The standard InChI is InChI=1S/C22H31N3O11.C8H20N4.Gd/c26-18(27)10-23(6-7-24(11-19(28)29)12-20(30)31)8-9-25(13-21(32)33)17(22(34)35)15-36-14-16-4-2-1-3-5-16;1-2-10-5-6-12-8-7-11-4-3-9-1;/h1-5,17H,6-15H2,(H,26,27)(H,28,29)(H,30,31)(H,32,33)(H,34,35);9-12H,1-8H2;/q;;+3/p-5. The molecule has 1 radical (unpaired) electrons. The average Bonchev–Trinajstić information content (AvgIpc) is 3.00. The number of rotatable bonds is 20. The van der Waals surface area contributed by atoms with E-state index in [0.717, 1.165) is 67.7 Å². The van der Waals surface area contributed by atoms with E-state index in [1.165, 1.54) is 4.90 Å². The Hall–Kier alpha value is -2.43. The molecule has 2 rings (SSSR count). The summed E-state index contributed by atoms with van der Waals surface area (Å²) in [6.07, 6.45) is 0. The van der Waals surface area contributed by atoms with Crippen molar-refractivity contribution in [2.24, 2.45) is 0 Å². The third-order valence-corrected chi connectivity index (χ3v) is 6.84. The van der Waals surface area contributed by atoms with Crippen molar-refractivity contribution in [2.45, 2.75) is 12.6 Å². The number of aliphatic carboxylic acids is 5. The molecule has 1 heterocycles. The number of nitrogens with zero attached hydrogens (tertiary/aromatic N) is 3. The van der Waals surface area contributed by atoms with Gasteiger partial charge in [0, 0.05) is 105 Å². The minimum Gasteiger partial charge on any atom is -0.549 e. The maximum atomic E-state index is 11.7. The monoisotopic (exact) mass is 838 g/mol. The van der Waals surface area contributed by atoms with E-state index >= 15 is 0 Å². The second kappa shape index (κ2) is 29.3. The number of hydrogen-bond donors (Lipinski definition) is 4. The van der Waals surface area contributed by atoms with E-state index in [1.807, 2.05) is 0 Å². The van der Waals surface area contributed by atoms with E-state index in [1.54, 1.807) is 30.3 Å².